The number of rotatable bonds is 7. The molecule has 0 aromatic carbocycles. The zero-order valence-corrected chi connectivity index (χ0v) is 13.2. The summed E-state index contributed by atoms with van der Waals surface area (Å²) < 4.78 is 34.2. The molecule has 20 heavy (non-hydrogen) atoms. The van der Waals surface area contributed by atoms with Crippen molar-refractivity contribution in [1.82, 2.24) is 14.1 Å². The standard InChI is InChI=1S/C11H18N4O3S2/c1-4-12-9-10(15-5-6-19-11(15)13-9)20(16,17)14-8(2)7-18-3/h5-6,8,12,14H,4,7H2,1-3H3. The van der Waals surface area contributed by atoms with Gasteiger partial charge in [0, 0.05) is 31.3 Å². The predicted molar refractivity (Wildman–Crippen MR) is 78.9 cm³/mol. The molecule has 0 saturated heterocycles. The summed E-state index contributed by atoms with van der Waals surface area (Å²) in [5, 5.41) is 4.93. The lowest BCUT2D eigenvalue weighted by atomic mass is 10.4. The molecule has 0 radical (unpaired) electrons. The largest absolute Gasteiger partial charge is 0.383 e. The molecule has 2 aromatic heterocycles. The van der Waals surface area contributed by atoms with E-state index in [9.17, 15) is 8.42 Å². The molecule has 2 heterocycles. The Kier molecular flexibility index (Phi) is 4.63. The molecule has 0 aliphatic heterocycles. The van der Waals surface area contributed by atoms with Crippen LogP contribution < -0.4 is 10.0 Å². The number of aromatic nitrogens is 2. The summed E-state index contributed by atoms with van der Waals surface area (Å²) in [5.41, 5.74) is 0. The molecule has 112 valence electrons. The first-order valence-electron chi connectivity index (χ1n) is 6.20. The lowest BCUT2D eigenvalue weighted by Gasteiger charge is -2.13. The van der Waals surface area contributed by atoms with E-state index in [1.165, 1.54) is 18.4 Å². The van der Waals surface area contributed by atoms with E-state index in [4.69, 9.17) is 4.74 Å². The van der Waals surface area contributed by atoms with E-state index in [0.717, 1.165) is 0 Å². The minimum atomic E-state index is -3.67. The van der Waals surface area contributed by atoms with Crippen LogP contribution in [0.4, 0.5) is 5.82 Å². The van der Waals surface area contributed by atoms with Crippen LogP contribution in [0.25, 0.3) is 4.96 Å². The predicted octanol–water partition coefficient (Wildman–Crippen LogP) is 1.14. The Morgan fingerprint density at radius 3 is 2.95 bits per heavy atom. The summed E-state index contributed by atoms with van der Waals surface area (Å²) in [5.74, 6) is 0.372. The monoisotopic (exact) mass is 318 g/mol. The van der Waals surface area contributed by atoms with Gasteiger partial charge in [0.2, 0.25) is 0 Å². The van der Waals surface area contributed by atoms with E-state index in [0.29, 0.717) is 23.9 Å². The third-order valence-electron chi connectivity index (χ3n) is 2.59. The van der Waals surface area contributed by atoms with Crippen molar-refractivity contribution in [2.75, 3.05) is 25.6 Å². The van der Waals surface area contributed by atoms with Gasteiger partial charge >= 0.3 is 0 Å². The molecule has 2 N–H and O–H groups in total. The molecule has 0 aliphatic carbocycles. The number of imidazole rings is 1. The zero-order chi connectivity index (χ0) is 14.8. The van der Waals surface area contributed by atoms with Crippen molar-refractivity contribution < 1.29 is 13.2 Å². The van der Waals surface area contributed by atoms with Gasteiger partial charge in [-0.2, -0.15) is 0 Å². The third kappa shape index (κ3) is 2.95. The summed E-state index contributed by atoms with van der Waals surface area (Å²) in [6.07, 6.45) is 1.70. The number of nitrogens with one attached hydrogen (secondary N) is 2. The van der Waals surface area contributed by atoms with Gasteiger partial charge in [0.05, 0.1) is 6.61 Å². The second-order valence-electron chi connectivity index (χ2n) is 4.33. The van der Waals surface area contributed by atoms with Crippen molar-refractivity contribution >= 4 is 32.1 Å². The maximum atomic E-state index is 12.5. The van der Waals surface area contributed by atoms with Crippen LogP contribution >= 0.6 is 11.3 Å². The van der Waals surface area contributed by atoms with Crippen molar-refractivity contribution in [2.45, 2.75) is 24.9 Å². The topological polar surface area (TPSA) is 84.7 Å². The third-order valence-corrected chi connectivity index (χ3v) is 4.96. The maximum Gasteiger partial charge on any atom is 0.260 e. The number of fused-ring (bicyclic) bond motifs is 1. The van der Waals surface area contributed by atoms with Gasteiger partial charge in [0.1, 0.15) is 0 Å². The summed E-state index contributed by atoms with van der Waals surface area (Å²) in [6.45, 7) is 4.55. The van der Waals surface area contributed by atoms with Crippen LogP contribution in [0.15, 0.2) is 16.6 Å². The minimum absolute atomic E-state index is 0.138. The van der Waals surface area contributed by atoms with Crippen molar-refractivity contribution in [1.29, 1.82) is 0 Å². The van der Waals surface area contributed by atoms with Crippen LogP contribution in [-0.2, 0) is 14.8 Å². The van der Waals surface area contributed by atoms with Gasteiger partial charge in [0.15, 0.2) is 15.8 Å². The number of ether oxygens (including phenoxy) is 1. The fraction of sp³-hybridized carbons (Fsp3) is 0.545. The number of methoxy groups -OCH3 is 1. The number of hydrogen-bond acceptors (Lipinski definition) is 6. The van der Waals surface area contributed by atoms with Gasteiger partial charge in [-0.1, -0.05) is 0 Å². The van der Waals surface area contributed by atoms with Gasteiger partial charge in [-0.05, 0) is 13.8 Å². The summed E-state index contributed by atoms with van der Waals surface area (Å²) in [7, 11) is -2.14. The lowest BCUT2D eigenvalue weighted by Crippen LogP contribution is -2.36. The average molecular weight is 318 g/mol. The first-order chi connectivity index (χ1) is 9.49. The van der Waals surface area contributed by atoms with Crippen molar-refractivity contribution in [3.05, 3.63) is 11.6 Å². The van der Waals surface area contributed by atoms with Crippen LogP contribution in [0.2, 0.25) is 0 Å². The molecule has 1 unspecified atom stereocenters. The van der Waals surface area contributed by atoms with Crippen LogP contribution in [0.3, 0.4) is 0 Å². The second-order valence-corrected chi connectivity index (χ2v) is 6.83. The number of anilines is 1. The molecule has 9 heteroatoms. The Hall–Kier alpha value is -1.16. The van der Waals surface area contributed by atoms with E-state index in [1.807, 2.05) is 6.92 Å². The highest BCUT2D eigenvalue weighted by molar-refractivity contribution is 7.89. The highest BCUT2D eigenvalue weighted by atomic mass is 32.2. The van der Waals surface area contributed by atoms with Crippen molar-refractivity contribution in [3.8, 4) is 0 Å². The number of sulfonamides is 1. The molecule has 2 aromatic rings. The molecule has 0 saturated carbocycles. The van der Waals surface area contributed by atoms with E-state index < -0.39 is 10.0 Å². The van der Waals surface area contributed by atoms with E-state index in [2.05, 4.69) is 15.0 Å². The molecular formula is C11H18N4O3S2. The molecule has 0 amide bonds. The summed E-state index contributed by atoms with van der Waals surface area (Å²) in [4.78, 5) is 4.94. The normalized spacial score (nSPS) is 13.8. The van der Waals surface area contributed by atoms with Crippen LogP contribution in [0.5, 0.6) is 0 Å². The lowest BCUT2D eigenvalue weighted by molar-refractivity contribution is 0.180. The highest BCUT2D eigenvalue weighted by Gasteiger charge is 2.27. The SMILES string of the molecule is CCNc1nc2sccn2c1S(=O)(=O)NC(C)COC. The molecule has 0 aliphatic rings. The first kappa shape index (κ1) is 15.2. The summed E-state index contributed by atoms with van der Waals surface area (Å²) in [6, 6.07) is -0.316. The highest BCUT2D eigenvalue weighted by Crippen LogP contribution is 2.25. The molecule has 1 atom stereocenters. The number of hydrogen-bond donors (Lipinski definition) is 2. The molecule has 0 bridgehead atoms. The second kappa shape index (κ2) is 6.08. The van der Waals surface area contributed by atoms with E-state index >= 15 is 0 Å². The van der Waals surface area contributed by atoms with Gasteiger partial charge in [-0.25, -0.2) is 18.1 Å². The average Bonchev–Trinajstić information content (AvgIpc) is 2.88. The molecular weight excluding hydrogens is 300 g/mol. The summed E-state index contributed by atoms with van der Waals surface area (Å²) >= 11 is 1.39. The Morgan fingerprint density at radius 1 is 1.55 bits per heavy atom. The Balaban J connectivity index is 2.43. The van der Waals surface area contributed by atoms with Gasteiger partial charge in [-0.15, -0.1) is 11.3 Å². The van der Waals surface area contributed by atoms with Crippen LogP contribution in [-0.4, -0.2) is 44.1 Å². The molecule has 7 nitrogen and oxygen atoms in total. The quantitative estimate of drug-likeness (QED) is 0.800. The smallest absolute Gasteiger partial charge is 0.260 e. The van der Waals surface area contributed by atoms with Gasteiger partial charge in [0.25, 0.3) is 10.0 Å². The van der Waals surface area contributed by atoms with Crippen molar-refractivity contribution in [3.63, 3.8) is 0 Å². The molecule has 0 spiro atoms. The Labute approximate surface area is 122 Å². The van der Waals surface area contributed by atoms with Gasteiger partial charge in [-0.3, -0.25) is 4.40 Å². The minimum Gasteiger partial charge on any atom is -0.383 e. The Morgan fingerprint density at radius 2 is 2.30 bits per heavy atom. The number of thiazole rings is 1. The van der Waals surface area contributed by atoms with Crippen LogP contribution in [0, 0.1) is 0 Å². The van der Waals surface area contributed by atoms with E-state index in [1.54, 1.807) is 22.9 Å². The van der Waals surface area contributed by atoms with Crippen molar-refractivity contribution in [2.24, 2.45) is 0 Å². The first-order valence-corrected chi connectivity index (χ1v) is 8.56. The molecule has 2 rings (SSSR count). The van der Waals surface area contributed by atoms with E-state index in [-0.39, 0.29) is 11.1 Å². The fourth-order valence-corrected chi connectivity index (χ4v) is 4.17. The van der Waals surface area contributed by atoms with Crippen LogP contribution in [0.1, 0.15) is 13.8 Å². The number of nitrogens with zero attached hydrogens (tertiary/aromatic N) is 2. The zero-order valence-electron chi connectivity index (χ0n) is 11.6. The Bertz CT molecular complexity index is 677. The maximum absolute atomic E-state index is 12.5. The fourth-order valence-electron chi connectivity index (χ4n) is 1.91. The molecule has 0 fully saturated rings. The van der Waals surface area contributed by atoms with Gasteiger partial charge < -0.3 is 10.1 Å².